The molecule has 3 aliphatic carbocycles. The molecule has 0 aromatic heterocycles. The van der Waals surface area contributed by atoms with Gasteiger partial charge in [-0.05, 0) is 74.0 Å². The van der Waals surface area contributed by atoms with E-state index in [0.717, 1.165) is 29.7 Å². The van der Waals surface area contributed by atoms with Crippen molar-refractivity contribution in [1.29, 1.82) is 0 Å². The summed E-state index contributed by atoms with van der Waals surface area (Å²) in [6.45, 7) is 2.43. The molecule has 32 heavy (non-hydrogen) atoms. The molecule has 0 spiro atoms. The summed E-state index contributed by atoms with van der Waals surface area (Å²) in [4.78, 5) is 14.6. The van der Waals surface area contributed by atoms with Crippen LogP contribution in [0.3, 0.4) is 0 Å². The predicted octanol–water partition coefficient (Wildman–Crippen LogP) is 7.53. The van der Waals surface area contributed by atoms with Crippen LogP contribution in [0, 0.1) is 17.8 Å². The second-order valence-electron chi connectivity index (χ2n) is 10.9. The van der Waals surface area contributed by atoms with Crippen molar-refractivity contribution in [3.63, 3.8) is 0 Å². The van der Waals surface area contributed by atoms with Gasteiger partial charge in [-0.2, -0.15) is 0 Å². The number of aliphatic carboxylic acids is 1. The zero-order chi connectivity index (χ0) is 22.3. The normalized spacial score (nSPS) is 28.1. The van der Waals surface area contributed by atoms with E-state index in [1.165, 1.54) is 89.3 Å². The number of rotatable bonds is 8. The van der Waals surface area contributed by atoms with Crippen LogP contribution < -0.4 is 0 Å². The lowest BCUT2D eigenvalue weighted by Gasteiger charge is -2.47. The smallest absolute Gasteiger partial charge is 0.303 e. The van der Waals surface area contributed by atoms with Gasteiger partial charge >= 0.3 is 5.97 Å². The Balaban J connectivity index is 1.60. The molecule has 0 heterocycles. The van der Waals surface area contributed by atoms with Gasteiger partial charge in [0, 0.05) is 36.5 Å². The Bertz CT molecular complexity index is 689. The third-order valence-corrected chi connectivity index (χ3v) is 8.84. The van der Waals surface area contributed by atoms with Crippen LogP contribution in [0.4, 0.5) is 0 Å². The molecule has 4 rings (SSSR count). The van der Waals surface area contributed by atoms with E-state index < -0.39 is 5.97 Å². The van der Waals surface area contributed by atoms with E-state index in [9.17, 15) is 9.90 Å². The van der Waals surface area contributed by atoms with Crippen molar-refractivity contribution >= 4 is 17.6 Å². The fraction of sp³-hybridized carbons (Fsp3) is 0.750. The predicted molar refractivity (Wildman–Crippen MR) is 132 cm³/mol. The fourth-order valence-electron chi connectivity index (χ4n) is 7.05. The highest BCUT2D eigenvalue weighted by atomic mass is 35.5. The first-order chi connectivity index (χ1) is 15.6. The quantitative estimate of drug-likeness (QED) is 0.436. The molecular formula is C28H42ClNO2. The Labute approximate surface area is 199 Å². The largest absolute Gasteiger partial charge is 0.481 e. The van der Waals surface area contributed by atoms with Gasteiger partial charge in [0.05, 0.1) is 0 Å². The van der Waals surface area contributed by atoms with Crippen LogP contribution in [-0.2, 0) is 4.79 Å². The van der Waals surface area contributed by atoms with Crippen LogP contribution in [0.5, 0.6) is 0 Å². The van der Waals surface area contributed by atoms with Gasteiger partial charge in [0.15, 0.2) is 0 Å². The maximum atomic E-state index is 11.8. The summed E-state index contributed by atoms with van der Waals surface area (Å²) in [5.41, 5.74) is 1.29. The first-order valence-electron chi connectivity index (χ1n) is 13.3. The van der Waals surface area contributed by atoms with Crippen LogP contribution in [0.1, 0.15) is 101 Å². The highest BCUT2D eigenvalue weighted by Gasteiger charge is 2.39. The monoisotopic (exact) mass is 459 g/mol. The lowest BCUT2D eigenvalue weighted by Crippen LogP contribution is -2.48. The SMILES string of the molecule is O=C(O)CC1CCCC(N(CC2CCCCC2)CC2CCCCC2)C1c1ccc(Cl)cc1. The Hall–Kier alpha value is -1.06. The topological polar surface area (TPSA) is 40.5 Å². The Kier molecular flexibility index (Phi) is 8.94. The molecule has 1 N–H and O–H groups in total. The third-order valence-electron chi connectivity index (χ3n) is 8.59. The van der Waals surface area contributed by atoms with Crippen LogP contribution in [0.2, 0.25) is 5.02 Å². The van der Waals surface area contributed by atoms with Crippen molar-refractivity contribution in [2.75, 3.05) is 13.1 Å². The van der Waals surface area contributed by atoms with Crippen molar-refractivity contribution < 1.29 is 9.90 Å². The van der Waals surface area contributed by atoms with E-state index in [-0.39, 0.29) is 12.3 Å². The van der Waals surface area contributed by atoms with E-state index >= 15 is 0 Å². The number of halogens is 1. The van der Waals surface area contributed by atoms with Gasteiger partial charge in [-0.1, -0.05) is 68.7 Å². The van der Waals surface area contributed by atoms with Gasteiger partial charge in [0.1, 0.15) is 0 Å². The molecule has 3 saturated carbocycles. The van der Waals surface area contributed by atoms with Crippen LogP contribution in [0.15, 0.2) is 24.3 Å². The molecule has 0 saturated heterocycles. The molecule has 1 aromatic carbocycles. The summed E-state index contributed by atoms with van der Waals surface area (Å²) in [5, 5.41) is 10.4. The summed E-state index contributed by atoms with van der Waals surface area (Å²) in [6, 6.07) is 8.78. The molecule has 3 aliphatic rings. The minimum Gasteiger partial charge on any atom is -0.481 e. The zero-order valence-electron chi connectivity index (χ0n) is 19.7. The zero-order valence-corrected chi connectivity index (χ0v) is 20.4. The van der Waals surface area contributed by atoms with Crippen molar-refractivity contribution in [3.8, 4) is 0 Å². The minimum atomic E-state index is -0.652. The summed E-state index contributed by atoms with van der Waals surface area (Å²) < 4.78 is 0. The van der Waals surface area contributed by atoms with Crippen LogP contribution >= 0.6 is 11.6 Å². The maximum absolute atomic E-state index is 11.8. The van der Waals surface area contributed by atoms with Crippen molar-refractivity contribution in [2.45, 2.75) is 102 Å². The summed E-state index contributed by atoms with van der Waals surface area (Å²) in [5.74, 6) is 1.49. The molecule has 0 amide bonds. The molecule has 3 unspecified atom stereocenters. The molecule has 3 nitrogen and oxygen atoms in total. The maximum Gasteiger partial charge on any atom is 0.303 e. The fourth-order valence-corrected chi connectivity index (χ4v) is 7.18. The first kappa shape index (κ1) is 24.1. The second-order valence-corrected chi connectivity index (χ2v) is 11.3. The lowest BCUT2D eigenvalue weighted by atomic mass is 9.70. The van der Waals surface area contributed by atoms with Crippen molar-refractivity contribution in [2.24, 2.45) is 17.8 Å². The van der Waals surface area contributed by atoms with Crippen LogP contribution in [0.25, 0.3) is 0 Å². The molecule has 4 heteroatoms. The van der Waals surface area contributed by atoms with Gasteiger partial charge in [-0.15, -0.1) is 0 Å². The molecule has 0 bridgehead atoms. The number of hydrogen-bond acceptors (Lipinski definition) is 2. The second kappa shape index (κ2) is 11.9. The summed E-state index contributed by atoms with van der Waals surface area (Å²) >= 11 is 6.22. The molecule has 1 aromatic rings. The van der Waals surface area contributed by atoms with Gasteiger partial charge in [0.25, 0.3) is 0 Å². The number of carboxylic acids is 1. The standard InChI is InChI=1S/C28H42ClNO2/c29-25-16-14-23(15-17-25)28-24(18-27(31)32)12-7-13-26(28)30(19-21-8-3-1-4-9-21)20-22-10-5-2-6-11-22/h14-17,21-22,24,26,28H,1-13,18-20H2,(H,31,32). The van der Waals surface area contributed by atoms with E-state index in [0.29, 0.717) is 12.0 Å². The summed E-state index contributed by atoms with van der Waals surface area (Å²) in [6.07, 6.45) is 17.5. The van der Waals surface area contributed by atoms with Gasteiger partial charge in [-0.25, -0.2) is 0 Å². The Morgan fingerprint density at radius 2 is 1.38 bits per heavy atom. The molecule has 3 atom stereocenters. The number of benzene rings is 1. The van der Waals surface area contributed by atoms with Gasteiger partial charge in [0.2, 0.25) is 0 Å². The van der Waals surface area contributed by atoms with E-state index in [4.69, 9.17) is 11.6 Å². The average Bonchev–Trinajstić information content (AvgIpc) is 2.80. The van der Waals surface area contributed by atoms with Gasteiger partial charge in [-0.3, -0.25) is 9.69 Å². The molecule has 178 valence electrons. The molecule has 0 aliphatic heterocycles. The Morgan fingerprint density at radius 1 is 0.812 bits per heavy atom. The highest BCUT2D eigenvalue weighted by Crippen LogP contribution is 2.44. The number of nitrogens with zero attached hydrogens (tertiary/aromatic N) is 1. The van der Waals surface area contributed by atoms with Crippen molar-refractivity contribution in [1.82, 2.24) is 4.90 Å². The van der Waals surface area contributed by atoms with Gasteiger partial charge < -0.3 is 5.11 Å². The average molecular weight is 460 g/mol. The highest BCUT2D eigenvalue weighted by molar-refractivity contribution is 6.30. The number of hydrogen-bond donors (Lipinski definition) is 1. The van der Waals surface area contributed by atoms with Crippen molar-refractivity contribution in [3.05, 3.63) is 34.9 Å². The third kappa shape index (κ3) is 6.50. The number of carbonyl (C=O) groups is 1. The number of carboxylic acid groups (broad SMARTS) is 1. The Morgan fingerprint density at radius 3 is 1.91 bits per heavy atom. The van der Waals surface area contributed by atoms with E-state index in [1.54, 1.807) is 0 Å². The molecule has 3 fully saturated rings. The summed E-state index contributed by atoms with van der Waals surface area (Å²) in [7, 11) is 0. The molecular weight excluding hydrogens is 418 g/mol. The first-order valence-corrected chi connectivity index (χ1v) is 13.7. The van der Waals surface area contributed by atoms with E-state index in [2.05, 4.69) is 17.0 Å². The minimum absolute atomic E-state index is 0.215. The van der Waals surface area contributed by atoms with Crippen LogP contribution in [-0.4, -0.2) is 35.1 Å². The van der Waals surface area contributed by atoms with E-state index in [1.807, 2.05) is 12.1 Å². The molecule has 0 radical (unpaired) electrons. The lowest BCUT2D eigenvalue weighted by molar-refractivity contribution is -0.138.